The van der Waals surface area contributed by atoms with Gasteiger partial charge in [0.2, 0.25) is 0 Å². The molecule has 0 saturated heterocycles. The lowest BCUT2D eigenvalue weighted by Gasteiger charge is -2.20. The first-order valence-corrected chi connectivity index (χ1v) is 17.9. The molecule has 0 saturated carbocycles. The highest BCUT2D eigenvalue weighted by molar-refractivity contribution is 6.22. The Labute approximate surface area is 303 Å². The summed E-state index contributed by atoms with van der Waals surface area (Å²) in [6, 6.07) is 72.4. The molecule has 242 valence electrons. The zero-order chi connectivity index (χ0) is 34.4. The zero-order valence-corrected chi connectivity index (χ0v) is 28.5. The minimum atomic E-state index is 1.00. The van der Waals surface area contributed by atoms with E-state index in [4.69, 9.17) is 4.98 Å². The number of hydrogen-bond donors (Lipinski definition) is 0. The molecule has 0 spiro atoms. The molecule has 52 heavy (non-hydrogen) atoms. The molecule has 9 aromatic carbocycles. The molecular formula is C51H33N. The molecule has 0 atom stereocenters. The van der Waals surface area contributed by atoms with Crippen molar-refractivity contribution in [2.24, 2.45) is 0 Å². The van der Waals surface area contributed by atoms with Crippen LogP contribution in [0.4, 0.5) is 0 Å². The van der Waals surface area contributed by atoms with E-state index in [2.05, 4.69) is 200 Å². The van der Waals surface area contributed by atoms with Crippen molar-refractivity contribution in [3.63, 3.8) is 0 Å². The van der Waals surface area contributed by atoms with E-state index in [-0.39, 0.29) is 0 Å². The fourth-order valence-corrected chi connectivity index (χ4v) is 8.04. The fraction of sp³-hybridized carbons (Fsp3) is 0. The van der Waals surface area contributed by atoms with Gasteiger partial charge in [-0.25, -0.2) is 4.98 Å². The van der Waals surface area contributed by atoms with E-state index < -0.39 is 0 Å². The molecule has 0 aliphatic rings. The molecule has 0 radical (unpaired) electrons. The van der Waals surface area contributed by atoms with E-state index in [0.29, 0.717) is 0 Å². The van der Waals surface area contributed by atoms with Crippen molar-refractivity contribution in [1.29, 1.82) is 0 Å². The normalized spacial score (nSPS) is 11.5. The van der Waals surface area contributed by atoms with Crippen LogP contribution in [0.2, 0.25) is 0 Å². The number of para-hydroxylation sites is 1. The lowest BCUT2D eigenvalue weighted by Crippen LogP contribution is -1.94. The molecule has 1 aromatic heterocycles. The summed E-state index contributed by atoms with van der Waals surface area (Å²) in [5, 5.41) is 8.45. The molecule has 0 aliphatic carbocycles. The van der Waals surface area contributed by atoms with Crippen molar-refractivity contribution < 1.29 is 0 Å². The van der Waals surface area contributed by atoms with E-state index >= 15 is 0 Å². The molecule has 0 aliphatic heterocycles. The molecule has 1 heteroatoms. The van der Waals surface area contributed by atoms with E-state index in [1.165, 1.54) is 76.8 Å². The van der Waals surface area contributed by atoms with E-state index in [9.17, 15) is 0 Å². The Morgan fingerprint density at radius 2 is 0.673 bits per heavy atom. The number of nitrogens with zero attached hydrogens (tertiary/aromatic N) is 1. The zero-order valence-electron chi connectivity index (χ0n) is 28.5. The van der Waals surface area contributed by atoms with Gasteiger partial charge in [0.05, 0.1) is 11.2 Å². The molecule has 0 bridgehead atoms. The van der Waals surface area contributed by atoms with Crippen LogP contribution >= 0.6 is 0 Å². The third-order valence-corrected chi connectivity index (χ3v) is 10.4. The first-order chi connectivity index (χ1) is 25.8. The van der Waals surface area contributed by atoms with Gasteiger partial charge in [-0.05, 0) is 95.7 Å². The summed E-state index contributed by atoms with van der Waals surface area (Å²) >= 11 is 0. The molecule has 1 nitrogen and oxygen atoms in total. The Morgan fingerprint density at radius 3 is 1.29 bits per heavy atom. The van der Waals surface area contributed by atoms with Gasteiger partial charge in [-0.15, -0.1) is 0 Å². The van der Waals surface area contributed by atoms with E-state index in [1.807, 2.05) is 0 Å². The lowest BCUT2D eigenvalue weighted by molar-refractivity contribution is 1.43. The summed E-state index contributed by atoms with van der Waals surface area (Å²) in [7, 11) is 0. The van der Waals surface area contributed by atoms with Crippen LogP contribution in [0.3, 0.4) is 0 Å². The molecule has 1 heterocycles. The molecule has 0 fully saturated rings. The summed E-state index contributed by atoms with van der Waals surface area (Å²) < 4.78 is 0. The van der Waals surface area contributed by atoms with Crippen LogP contribution in [0.1, 0.15) is 0 Å². The van der Waals surface area contributed by atoms with Crippen molar-refractivity contribution in [2.45, 2.75) is 0 Å². The largest absolute Gasteiger partial charge is 0.247 e. The van der Waals surface area contributed by atoms with Gasteiger partial charge >= 0.3 is 0 Å². The topological polar surface area (TPSA) is 12.9 Å². The van der Waals surface area contributed by atoms with Crippen LogP contribution in [0.5, 0.6) is 0 Å². The van der Waals surface area contributed by atoms with Crippen LogP contribution in [0.15, 0.2) is 200 Å². The Morgan fingerprint density at radius 1 is 0.231 bits per heavy atom. The second-order valence-corrected chi connectivity index (χ2v) is 13.5. The van der Waals surface area contributed by atoms with Crippen molar-refractivity contribution in [1.82, 2.24) is 4.98 Å². The fourth-order valence-electron chi connectivity index (χ4n) is 8.04. The quantitative estimate of drug-likeness (QED) is 0.132. The van der Waals surface area contributed by atoms with Crippen LogP contribution in [0.25, 0.3) is 99.0 Å². The van der Waals surface area contributed by atoms with Gasteiger partial charge in [0.15, 0.2) is 0 Å². The Kier molecular flexibility index (Phi) is 7.22. The third kappa shape index (κ3) is 5.06. The first-order valence-electron chi connectivity index (χ1n) is 17.9. The summed E-state index contributed by atoms with van der Waals surface area (Å²) in [5.74, 6) is 0. The van der Waals surface area contributed by atoms with E-state index in [1.54, 1.807) is 0 Å². The molecule has 0 unspecified atom stereocenters. The monoisotopic (exact) mass is 659 g/mol. The van der Waals surface area contributed by atoms with Gasteiger partial charge in [-0.1, -0.05) is 176 Å². The maximum atomic E-state index is 5.32. The minimum absolute atomic E-state index is 1.00. The van der Waals surface area contributed by atoms with Crippen LogP contribution in [-0.4, -0.2) is 4.98 Å². The number of pyridine rings is 1. The molecule has 10 aromatic rings. The highest BCUT2D eigenvalue weighted by atomic mass is 14.7. The van der Waals surface area contributed by atoms with Gasteiger partial charge in [0.25, 0.3) is 0 Å². The molecule has 0 amide bonds. The lowest BCUT2D eigenvalue weighted by atomic mass is 9.84. The maximum Gasteiger partial charge on any atom is 0.0788 e. The van der Waals surface area contributed by atoms with Crippen LogP contribution < -0.4 is 0 Å². The Bertz CT molecular complexity index is 2940. The maximum absolute atomic E-state index is 5.32. The number of benzene rings is 9. The summed E-state index contributed by atoms with van der Waals surface area (Å²) in [5.41, 5.74) is 12.8. The first kappa shape index (κ1) is 30.0. The SMILES string of the molecule is c1ccc(-c2cccc(-c3c4ccccc4c(-c4cccc(-c5ccccc5)c4)c4cc(-c5nc6ccccc6c6ccccc56)ccc34)c2)cc1. The number of aromatic nitrogens is 1. The molecule has 0 N–H and O–H groups in total. The van der Waals surface area contributed by atoms with E-state index in [0.717, 1.165) is 22.2 Å². The highest BCUT2D eigenvalue weighted by Crippen LogP contribution is 2.46. The minimum Gasteiger partial charge on any atom is -0.247 e. The van der Waals surface area contributed by atoms with Gasteiger partial charge in [-0.3, -0.25) is 0 Å². The molecule has 10 rings (SSSR count). The Balaban J connectivity index is 1.30. The molecular weight excluding hydrogens is 627 g/mol. The smallest absolute Gasteiger partial charge is 0.0788 e. The van der Waals surface area contributed by atoms with Crippen molar-refractivity contribution in [3.8, 4) is 55.8 Å². The second kappa shape index (κ2) is 12.5. The van der Waals surface area contributed by atoms with Crippen molar-refractivity contribution >= 4 is 43.2 Å². The Hall–Kier alpha value is -6.83. The van der Waals surface area contributed by atoms with Gasteiger partial charge in [-0.2, -0.15) is 0 Å². The third-order valence-electron chi connectivity index (χ3n) is 10.4. The predicted molar refractivity (Wildman–Crippen MR) is 221 cm³/mol. The number of fused-ring (bicyclic) bond motifs is 5. The van der Waals surface area contributed by atoms with Crippen molar-refractivity contribution in [3.05, 3.63) is 200 Å². The van der Waals surface area contributed by atoms with Crippen molar-refractivity contribution in [2.75, 3.05) is 0 Å². The summed E-state index contributed by atoms with van der Waals surface area (Å²) in [6.45, 7) is 0. The van der Waals surface area contributed by atoms with Crippen LogP contribution in [-0.2, 0) is 0 Å². The van der Waals surface area contributed by atoms with Gasteiger partial charge in [0, 0.05) is 16.3 Å². The summed E-state index contributed by atoms with van der Waals surface area (Å²) in [4.78, 5) is 5.32. The second-order valence-electron chi connectivity index (χ2n) is 13.5. The van der Waals surface area contributed by atoms with Gasteiger partial charge < -0.3 is 0 Å². The van der Waals surface area contributed by atoms with Crippen LogP contribution in [0, 0.1) is 0 Å². The predicted octanol–water partition coefficient (Wildman–Crippen LogP) is 14.0. The summed E-state index contributed by atoms with van der Waals surface area (Å²) in [6.07, 6.45) is 0. The van der Waals surface area contributed by atoms with Gasteiger partial charge in [0.1, 0.15) is 0 Å². The average molecular weight is 660 g/mol. The standard InChI is InChI=1S/C51H33N/c1-3-15-34(16-4-1)36-19-13-21-38(31-36)49-43-25-8-9-26-44(43)50(39-22-14-20-37(32-39)35-17-5-2-6-18-35)47-33-40(29-30-45(47)49)51-46-27-10-7-23-41(46)42-24-11-12-28-48(42)52-51/h1-33H. The number of rotatable bonds is 5. The average Bonchev–Trinajstić information content (AvgIpc) is 3.23. The number of hydrogen-bond acceptors (Lipinski definition) is 1. The highest BCUT2D eigenvalue weighted by Gasteiger charge is 2.19.